The van der Waals surface area contributed by atoms with Crippen LogP contribution >= 0.6 is 0 Å². The molecule has 0 amide bonds. The van der Waals surface area contributed by atoms with Crippen LogP contribution in [-0.4, -0.2) is 35.1 Å². The number of piperidine rings is 1. The van der Waals surface area contributed by atoms with Crippen LogP contribution in [0.1, 0.15) is 25.7 Å². The van der Waals surface area contributed by atoms with E-state index in [0.717, 1.165) is 25.6 Å². The summed E-state index contributed by atoms with van der Waals surface area (Å²) in [5.41, 5.74) is -0.0766. The molecule has 1 aliphatic carbocycles. The van der Waals surface area contributed by atoms with Gasteiger partial charge < -0.3 is 10.2 Å². The van der Waals surface area contributed by atoms with E-state index in [-0.39, 0.29) is 5.56 Å². The third-order valence-electron chi connectivity index (χ3n) is 3.43. The predicted molar refractivity (Wildman–Crippen MR) is 66.3 cm³/mol. The van der Waals surface area contributed by atoms with Crippen LogP contribution in [0.25, 0.3) is 0 Å². The second-order valence-corrected chi connectivity index (χ2v) is 4.98. The molecule has 17 heavy (non-hydrogen) atoms. The molecule has 0 radical (unpaired) electrons. The Hall–Kier alpha value is -1.36. The first-order valence-electron chi connectivity index (χ1n) is 6.37. The lowest BCUT2D eigenvalue weighted by Crippen LogP contribution is -2.47. The molecular weight excluding hydrogens is 216 g/mol. The van der Waals surface area contributed by atoms with Gasteiger partial charge in [-0.15, -0.1) is 0 Å². The summed E-state index contributed by atoms with van der Waals surface area (Å²) in [4.78, 5) is 20.5. The maximum absolute atomic E-state index is 11.3. The Kier molecular flexibility index (Phi) is 2.84. The van der Waals surface area contributed by atoms with Gasteiger partial charge >= 0.3 is 0 Å². The van der Waals surface area contributed by atoms with E-state index in [4.69, 9.17) is 0 Å². The van der Waals surface area contributed by atoms with E-state index in [1.807, 2.05) is 0 Å². The smallest absolute Gasteiger partial charge is 0.252 e. The topological polar surface area (TPSA) is 61.0 Å². The zero-order valence-electron chi connectivity index (χ0n) is 9.85. The molecule has 2 aliphatic rings. The van der Waals surface area contributed by atoms with Gasteiger partial charge in [0.15, 0.2) is 0 Å². The molecule has 5 heteroatoms. The van der Waals surface area contributed by atoms with Crippen molar-refractivity contribution in [1.82, 2.24) is 15.3 Å². The lowest BCUT2D eigenvalue weighted by atomic mass is 10.1. The predicted octanol–water partition coefficient (Wildman–Crippen LogP) is 0.491. The first-order valence-corrected chi connectivity index (χ1v) is 6.37. The molecule has 0 bridgehead atoms. The summed E-state index contributed by atoms with van der Waals surface area (Å²) in [6, 6.07) is 2.73. The van der Waals surface area contributed by atoms with Crippen molar-refractivity contribution in [2.24, 2.45) is 0 Å². The molecule has 1 saturated heterocycles. The van der Waals surface area contributed by atoms with Crippen molar-refractivity contribution in [3.05, 3.63) is 22.6 Å². The number of hydrogen-bond donors (Lipinski definition) is 2. The van der Waals surface area contributed by atoms with Crippen molar-refractivity contribution in [1.29, 1.82) is 0 Å². The molecule has 0 spiro atoms. The minimum absolute atomic E-state index is 0.0766. The number of hydrogen-bond acceptors (Lipinski definition) is 4. The molecule has 3 rings (SSSR count). The summed E-state index contributed by atoms with van der Waals surface area (Å²) in [5.74, 6) is 0.708. The zero-order chi connectivity index (χ0) is 11.7. The molecule has 2 N–H and O–H groups in total. The number of nitrogens with zero attached hydrogens (tertiary/aromatic N) is 2. The fourth-order valence-corrected chi connectivity index (χ4v) is 2.41. The molecule has 92 valence electrons. The maximum atomic E-state index is 11.3. The van der Waals surface area contributed by atoms with Crippen molar-refractivity contribution in [2.45, 2.75) is 37.8 Å². The van der Waals surface area contributed by atoms with Crippen molar-refractivity contribution in [2.75, 3.05) is 18.0 Å². The van der Waals surface area contributed by atoms with Gasteiger partial charge in [0, 0.05) is 37.4 Å². The minimum Gasteiger partial charge on any atom is -0.341 e. The lowest BCUT2D eigenvalue weighted by Gasteiger charge is -2.33. The van der Waals surface area contributed by atoms with E-state index in [2.05, 4.69) is 20.2 Å². The molecule has 1 saturated carbocycles. The van der Waals surface area contributed by atoms with Crippen molar-refractivity contribution < 1.29 is 0 Å². The average molecular weight is 234 g/mol. The molecule has 2 heterocycles. The van der Waals surface area contributed by atoms with Crippen LogP contribution in [0.15, 0.2) is 17.1 Å². The highest BCUT2D eigenvalue weighted by atomic mass is 16.1. The van der Waals surface area contributed by atoms with Crippen molar-refractivity contribution >= 4 is 5.95 Å². The van der Waals surface area contributed by atoms with Gasteiger partial charge in [0.1, 0.15) is 0 Å². The fraction of sp³-hybridized carbons (Fsp3) is 0.667. The third-order valence-corrected chi connectivity index (χ3v) is 3.43. The molecular formula is C12H18N4O. The van der Waals surface area contributed by atoms with Crippen LogP contribution in [0.3, 0.4) is 0 Å². The fourth-order valence-electron chi connectivity index (χ4n) is 2.41. The number of nitrogens with one attached hydrogen (secondary N) is 2. The Morgan fingerprint density at radius 1 is 1.35 bits per heavy atom. The summed E-state index contributed by atoms with van der Waals surface area (Å²) >= 11 is 0. The van der Waals surface area contributed by atoms with E-state index in [1.54, 1.807) is 6.20 Å². The Morgan fingerprint density at radius 3 is 3.00 bits per heavy atom. The maximum Gasteiger partial charge on any atom is 0.252 e. The van der Waals surface area contributed by atoms with Crippen molar-refractivity contribution in [3.8, 4) is 0 Å². The molecule has 1 aromatic rings. The standard InChI is InChI=1S/C12H18N4O/c17-11-5-6-13-12(15-11)16-7-1-2-10(8-16)14-9-3-4-9/h5-6,9-10,14H,1-4,7-8H2,(H,13,15,17). The largest absolute Gasteiger partial charge is 0.341 e. The zero-order valence-corrected chi connectivity index (χ0v) is 9.85. The Bertz CT molecular complexity index is 440. The first kappa shape index (κ1) is 10.8. The number of aromatic amines is 1. The van der Waals surface area contributed by atoms with Gasteiger partial charge in [0.25, 0.3) is 5.56 Å². The molecule has 0 aromatic carbocycles. The van der Waals surface area contributed by atoms with Gasteiger partial charge in [-0.05, 0) is 25.7 Å². The lowest BCUT2D eigenvalue weighted by molar-refractivity contribution is 0.417. The summed E-state index contributed by atoms with van der Waals surface area (Å²) in [7, 11) is 0. The van der Waals surface area contributed by atoms with Gasteiger partial charge in [-0.25, -0.2) is 4.98 Å². The minimum atomic E-state index is -0.0766. The summed E-state index contributed by atoms with van der Waals surface area (Å²) in [6.07, 6.45) is 6.59. The quantitative estimate of drug-likeness (QED) is 0.799. The Labute approximate surface area is 100 Å². The van der Waals surface area contributed by atoms with E-state index in [1.165, 1.54) is 25.3 Å². The molecule has 5 nitrogen and oxygen atoms in total. The number of rotatable bonds is 3. The van der Waals surface area contributed by atoms with Gasteiger partial charge in [0.2, 0.25) is 5.95 Å². The SMILES string of the molecule is O=c1ccnc(N2CCCC(NC3CC3)C2)[nH]1. The monoisotopic (exact) mass is 234 g/mol. The van der Waals surface area contributed by atoms with Crippen LogP contribution in [0.5, 0.6) is 0 Å². The molecule has 1 atom stereocenters. The number of H-pyrrole nitrogens is 1. The Balaban J connectivity index is 1.67. The highest BCUT2D eigenvalue weighted by Gasteiger charge is 2.28. The van der Waals surface area contributed by atoms with Gasteiger partial charge in [0.05, 0.1) is 0 Å². The highest BCUT2D eigenvalue weighted by Crippen LogP contribution is 2.22. The summed E-state index contributed by atoms with van der Waals surface area (Å²) in [6.45, 7) is 1.93. The number of aromatic nitrogens is 2. The van der Waals surface area contributed by atoms with Crippen LogP contribution in [0.4, 0.5) is 5.95 Å². The van der Waals surface area contributed by atoms with E-state index in [9.17, 15) is 4.79 Å². The molecule has 1 unspecified atom stereocenters. The first-order chi connectivity index (χ1) is 8.31. The van der Waals surface area contributed by atoms with E-state index in [0.29, 0.717) is 12.0 Å². The summed E-state index contributed by atoms with van der Waals surface area (Å²) < 4.78 is 0. The van der Waals surface area contributed by atoms with Gasteiger partial charge in [-0.2, -0.15) is 0 Å². The van der Waals surface area contributed by atoms with E-state index >= 15 is 0 Å². The van der Waals surface area contributed by atoms with Crippen LogP contribution in [0, 0.1) is 0 Å². The van der Waals surface area contributed by atoms with Gasteiger partial charge in [-0.1, -0.05) is 0 Å². The van der Waals surface area contributed by atoms with Crippen LogP contribution < -0.4 is 15.8 Å². The highest BCUT2D eigenvalue weighted by molar-refractivity contribution is 5.29. The number of anilines is 1. The average Bonchev–Trinajstić information content (AvgIpc) is 3.13. The van der Waals surface area contributed by atoms with Gasteiger partial charge in [-0.3, -0.25) is 9.78 Å². The van der Waals surface area contributed by atoms with E-state index < -0.39 is 0 Å². The second-order valence-electron chi connectivity index (χ2n) is 4.98. The molecule has 1 aliphatic heterocycles. The summed E-state index contributed by atoms with van der Waals surface area (Å²) in [5, 5.41) is 3.65. The Morgan fingerprint density at radius 2 is 2.24 bits per heavy atom. The van der Waals surface area contributed by atoms with Crippen LogP contribution in [0.2, 0.25) is 0 Å². The van der Waals surface area contributed by atoms with Crippen LogP contribution in [-0.2, 0) is 0 Å². The second kappa shape index (κ2) is 4.49. The molecule has 2 fully saturated rings. The van der Waals surface area contributed by atoms with Crippen molar-refractivity contribution in [3.63, 3.8) is 0 Å². The normalized spacial score (nSPS) is 24.9. The molecule has 1 aromatic heterocycles. The third kappa shape index (κ3) is 2.66.